The number of hydrogen-bond donors (Lipinski definition) is 2. The summed E-state index contributed by atoms with van der Waals surface area (Å²) < 4.78 is 32.3. The SMILES string of the molecule is COc1ccc(F)c([C@H]2CNCCN2)c1F.Cl. The predicted molar refractivity (Wildman–Crippen MR) is 63.8 cm³/mol. The van der Waals surface area contributed by atoms with Crippen LogP contribution >= 0.6 is 12.4 Å². The Balaban J connectivity index is 0.00000144. The van der Waals surface area contributed by atoms with Gasteiger partial charge in [0.25, 0.3) is 0 Å². The van der Waals surface area contributed by atoms with E-state index in [1.807, 2.05) is 0 Å². The molecule has 1 atom stereocenters. The highest BCUT2D eigenvalue weighted by Crippen LogP contribution is 2.28. The molecule has 1 saturated heterocycles. The topological polar surface area (TPSA) is 33.3 Å². The van der Waals surface area contributed by atoms with Gasteiger partial charge < -0.3 is 15.4 Å². The van der Waals surface area contributed by atoms with Gasteiger partial charge in [-0.2, -0.15) is 0 Å². The molecule has 0 spiro atoms. The molecule has 0 bridgehead atoms. The van der Waals surface area contributed by atoms with Gasteiger partial charge in [0.2, 0.25) is 0 Å². The molecule has 0 amide bonds. The average Bonchev–Trinajstić information content (AvgIpc) is 2.31. The highest BCUT2D eigenvalue weighted by atomic mass is 35.5. The van der Waals surface area contributed by atoms with Gasteiger partial charge in [0.05, 0.1) is 13.2 Å². The lowest BCUT2D eigenvalue weighted by Gasteiger charge is -2.25. The first-order valence-electron chi connectivity index (χ1n) is 5.20. The van der Waals surface area contributed by atoms with Crippen LogP contribution in [0, 0.1) is 11.6 Å². The minimum Gasteiger partial charge on any atom is -0.494 e. The highest BCUT2D eigenvalue weighted by molar-refractivity contribution is 5.85. The number of ether oxygens (including phenoxy) is 1. The Labute approximate surface area is 105 Å². The number of piperazine rings is 1. The van der Waals surface area contributed by atoms with Crippen molar-refractivity contribution < 1.29 is 13.5 Å². The van der Waals surface area contributed by atoms with Gasteiger partial charge in [0.15, 0.2) is 11.6 Å². The second kappa shape index (κ2) is 6.14. The molecule has 1 aliphatic rings. The smallest absolute Gasteiger partial charge is 0.172 e. The van der Waals surface area contributed by atoms with Gasteiger partial charge in [-0.1, -0.05) is 0 Å². The minimum absolute atomic E-state index is 0. The quantitative estimate of drug-likeness (QED) is 0.852. The maximum Gasteiger partial charge on any atom is 0.172 e. The van der Waals surface area contributed by atoms with Crippen LogP contribution < -0.4 is 15.4 Å². The normalized spacial score (nSPS) is 19.6. The fourth-order valence-electron chi connectivity index (χ4n) is 1.88. The first kappa shape index (κ1) is 14.2. The monoisotopic (exact) mass is 264 g/mol. The van der Waals surface area contributed by atoms with Crippen LogP contribution in [0.4, 0.5) is 8.78 Å². The van der Waals surface area contributed by atoms with Crippen LogP contribution in [0.3, 0.4) is 0 Å². The van der Waals surface area contributed by atoms with E-state index in [9.17, 15) is 8.78 Å². The average molecular weight is 265 g/mol. The zero-order valence-electron chi connectivity index (χ0n) is 9.43. The van der Waals surface area contributed by atoms with Crippen LogP contribution in [0.15, 0.2) is 12.1 Å². The van der Waals surface area contributed by atoms with Gasteiger partial charge in [-0.25, -0.2) is 8.78 Å². The fourth-order valence-corrected chi connectivity index (χ4v) is 1.88. The van der Waals surface area contributed by atoms with E-state index >= 15 is 0 Å². The molecular formula is C11H15ClF2N2O. The van der Waals surface area contributed by atoms with Gasteiger partial charge >= 0.3 is 0 Å². The largest absolute Gasteiger partial charge is 0.494 e. The van der Waals surface area contributed by atoms with E-state index < -0.39 is 11.6 Å². The summed E-state index contributed by atoms with van der Waals surface area (Å²) in [6, 6.07) is 2.18. The molecule has 1 aliphatic heterocycles. The van der Waals surface area contributed by atoms with Crippen LogP contribution in [0.2, 0.25) is 0 Å². The van der Waals surface area contributed by atoms with E-state index in [0.717, 1.165) is 6.54 Å². The van der Waals surface area contributed by atoms with Crippen LogP contribution in [0.1, 0.15) is 11.6 Å². The highest BCUT2D eigenvalue weighted by Gasteiger charge is 2.24. The Morgan fingerprint density at radius 2 is 2.06 bits per heavy atom. The Bertz CT molecular complexity index is 384. The van der Waals surface area contributed by atoms with Crippen LogP contribution in [-0.4, -0.2) is 26.7 Å². The fraction of sp³-hybridized carbons (Fsp3) is 0.455. The Kier molecular flexibility index (Phi) is 5.11. The third-order valence-electron chi connectivity index (χ3n) is 2.70. The van der Waals surface area contributed by atoms with E-state index in [0.29, 0.717) is 13.1 Å². The van der Waals surface area contributed by atoms with Crippen LogP contribution in [0.5, 0.6) is 5.75 Å². The molecular weight excluding hydrogens is 250 g/mol. The van der Waals surface area contributed by atoms with Crippen molar-refractivity contribution in [3.05, 3.63) is 29.3 Å². The lowest BCUT2D eigenvalue weighted by Crippen LogP contribution is -2.43. The third kappa shape index (κ3) is 2.86. The van der Waals surface area contributed by atoms with Crippen LogP contribution in [-0.2, 0) is 0 Å². The molecule has 2 N–H and O–H groups in total. The first-order valence-corrected chi connectivity index (χ1v) is 5.20. The summed E-state index contributed by atoms with van der Waals surface area (Å²) in [5, 5.41) is 6.16. The standard InChI is InChI=1S/C11H14F2N2O.ClH/c1-16-9-3-2-7(12)10(11(9)13)8-6-14-4-5-15-8;/h2-3,8,14-15H,4-6H2,1H3;1H/t8-;/m1./s1. The summed E-state index contributed by atoms with van der Waals surface area (Å²) in [6.07, 6.45) is 0. The summed E-state index contributed by atoms with van der Waals surface area (Å²) in [7, 11) is 1.37. The van der Waals surface area contributed by atoms with Gasteiger partial charge in [0, 0.05) is 25.2 Å². The molecule has 0 radical (unpaired) electrons. The minimum atomic E-state index is -0.622. The molecule has 0 aromatic heterocycles. The summed E-state index contributed by atoms with van der Waals surface area (Å²) in [6.45, 7) is 2.02. The molecule has 1 fully saturated rings. The number of hydrogen-bond acceptors (Lipinski definition) is 3. The second-order valence-corrected chi connectivity index (χ2v) is 3.69. The van der Waals surface area contributed by atoms with E-state index in [2.05, 4.69) is 10.6 Å². The number of nitrogens with one attached hydrogen (secondary N) is 2. The molecule has 0 aliphatic carbocycles. The molecule has 3 nitrogen and oxygen atoms in total. The Hall–Kier alpha value is -0.910. The molecule has 1 heterocycles. The van der Waals surface area contributed by atoms with Crippen molar-refractivity contribution in [2.45, 2.75) is 6.04 Å². The molecule has 1 aromatic carbocycles. The van der Waals surface area contributed by atoms with Crippen LogP contribution in [0.25, 0.3) is 0 Å². The van der Waals surface area contributed by atoms with Crippen molar-refractivity contribution in [3.8, 4) is 5.75 Å². The van der Waals surface area contributed by atoms with Gasteiger partial charge in [0.1, 0.15) is 5.82 Å². The lowest BCUT2D eigenvalue weighted by molar-refractivity contribution is 0.362. The van der Waals surface area contributed by atoms with Crippen molar-refractivity contribution in [3.63, 3.8) is 0 Å². The van der Waals surface area contributed by atoms with E-state index in [-0.39, 0.29) is 29.8 Å². The van der Waals surface area contributed by atoms with Crippen molar-refractivity contribution in [2.75, 3.05) is 26.7 Å². The Morgan fingerprint density at radius 3 is 2.65 bits per heavy atom. The van der Waals surface area contributed by atoms with Gasteiger partial charge in [-0.3, -0.25) is 0 Å². The number of rotatable bonds is 2. The van der Waals surface area contributed by atoms with Crippen molar-refractivity contribution in [1.29, 1.82) is 0 Å². The number of methoxy groups -OCH3 is 1. The summed E-state index contributed by atoms with van der Waals surface area (Å²) in [5.74, 6) is -1.09. The zero-order chi connectivity index (χ0) is 11.5. The van der Waals surface area contributed by atoms with E-state index in [4.69, 9.17) is 4.74 Å². The summed E-state index contributed by atoms with van der Waals surface area (Å²) >= 11 is 0. The number of benzene rings is 1. The molecule has 6 heteroatoms. The van der Waals surface area contributed by atoms with Crippen molar-refractivity contribution in [2.24, 2.45) is 0 Å². The van der Waals surface area contributed by atoms with Gasteiger partial charge in [-0.05, 0) is 12.1 Å². The number of halogens is 3. The zero-order valence-corrected chi connectivity index (χ0v) is 10.2. The third-order valence-corrected chi connectivity index (χ3v) is 2.70. The molecule has 0 saturated carbocycles. The first-order chi connectivity index (χ1) is 7.74. The van der Waals surface area contributed by atoms with E-state index in [1.165, 1.54) is 19.2 Å². The second-order valence-electron chi connectivity index (χ2n) is 3.69. The molecule has 96 valence electrons. The summed E-state index contributed by atoms with van der Waals surface area (Å²) in [5.41, 5.74) is 0.0477. The molecule has 2 rings (SSSR count). The molecule has 1 aromatic rings. The predicted octanol–water partition coefficient (Wildman–Crippen LogP) is 1.63. The lowest BCUT2D eigenvalue weighted by atomic mass is 10.0. The molecule has 0 unspecified atom stereocenters. The maximum atomic E-state index is 13.9. The summed E-state index contributed by atoms with van der Waals surface area (Å²) in [4.78, 5) is 0. The molecule has 17 heavy (non-hydrogen) atoms. The van der Waals surface area contributed by atoms with Gasteiger partial charge in [-0.15, -0.1) is 12.4 Å². The van der Waals surface area contributed by atoms with E-state index in [1.54, 1.807) is 0 Å². The van der Waals surface area contributed by atoms with Crippen molar-refractivity contribution >= 4 is 12.4 Å². The van der Waals surface area contributed by atoms with Crippen molar-refractivity contribution in [1.82, 2.24) is 10.6 Å². The Morgan fingerprint density at radius 1 is 1.29 bits per heavy atom. The maximum absolute atomic E-state index is 13.9.